The van der Waals surface area contributed by atoms with E-state index in [0.29, 0.717) is 43.1 Å². The summed E-state index contributed by atoms with van der Waals surface area (Å²) in [5.74, 6) is -1.19. The third-order valence-electron chi connectivity index (χ3n) is 6.25. The Morgan fingerprint density at radius 1 is 0.973 bits per heavy atom. The maximum Gasteiger partial charge on any atom is 0.249 e. The topological polar surface area (TPSA) is 113 Å². The molecule has 0 radical (unpaired) electrons. The van der Waals surface area contributed by atoms with E-state index in [-0.39, 0.29) is 23.1 Å². The second-order valence-electron chi connectivity index (χ2n) is 9.03. The molecule has 4 rings (SSSR count). The van der Waals surface area contributed by atoms with E-state index in [1.165, 1.54) is 12.1 Å². The molecule has 0 spiro atoms. The molecule has 8 nitrogen and oxygen atoms in total. The summed E-state index contributed by atoms with van der Waals surface area (Å²) < 4.78 is 38.2. The Morgan fingerprint density at radius 3 is 2.32 bits per heavy atom. The summed E-state index contributed by atoms with van der Waals surface area (Å²) in [4.78, 5) is 29.9. The number of carbonyl (C=O) groups is 2. The number of halogens is 1. The molecule has 0 aromatic heterocycles. The zero-order valence-electron chi connectivity index (χ0n) is 20.4. The molecule has 10 heteroatoms. The molecule has 0 saturated carbocycles. The molecular formula is C27H29FN4O4S. The van der Waals surface area contributed by atoms with Crippen LogP contribution in [0.5, 0.6) is 0 Å². The molecule has 3 aromatic rings. The number of rotatable bonds is 7. The predicted octanol–water partition coefficient (Wildman–Crippen LogP) is 2.56. The average molecular weight is 525 g/mol. The fourth-order valence-electron chi connectivity index (χ4n) is 4.43. The Morgan fingerprint density at radius 2 is 1.68 bits per heavy atom. The Bertz CT molecular complexity index is 1390. The molecule has 194 valence electrons. The van der Waals surface area contributed by atoms with Crippen molar-refractivity contribution in [2.24, 2.45) is 0 Å². The molecule has 2 amide bonds. The van der Waals surface area contributed by atoms with Crippen molar-refractivity contribution in [1.82, 2.24) is 10.2 Å². The van der Waals surface area contributed by atoms with Crippen LogP contribution in [0.25, 0.3) is 0 Å². The van der Waals surface area contributed by atoms with Crippen LogP contribution in [-0.4, -0.2) is 57.6 Å². The molecule has 1 unspecified atom stereocenters. The van der Waals surface area contributed by atoms with Crippen LogP contribution in [-0.2, 0) is 25.8 Å². The molecule has 37 heavy (non-hydrogen) atoms. The second kappa shape index (κ2) is 11.0. The fourth-order valence-corrected chi connectivity index (χ4v) is 5.33. The van der Waals surface area contributed by atoms with E-state index >= 15 is 0 Å². The van der Waals surface area contributed by atoms with Gasteiger partial charge in [-0.1, -0.05) is 42.5 Å². The van der Waals surface area contributed by atoms with Crippen molar-refractivity contribution >= 4 is 33.0 Å². The molecule has 1 fully saturated rings. The quantitative estimate of drug-likeness (QED) is 0.460. The number of sulfone groups is 1. The molecule has 1 atom stereocenters. The van der Waals surface area contributed by atoms with Crippen LogP contribution in [0, 0.1) is 5.82 Å². The molecule has 0 aliphatic carbocycles. The average Bonchev–Trinajstić information content (AvgIpc) is 2.87. The van der Waals surface area contributed by atoms with Gasteiger partial charge >= 0.3 is 0 Å². The number of carbonyl (C=O) groups excluding carboxylic acids is 2. The molecule has 1 heterocycles. The van der Waals surface area contributed by atoms with Gasteiger partial charge in [0.2, 0.25) is 11.8 Å². The highest BCUT2D eigenvalue weighted by Gasteiger charge is 2.31. The van der Waals surface area contributed by atoms with Crippen molar-refractivity contribution in [2.45, 2.75) is 17.4 Å². The zero-order valence-corrected chi connectivity index (χ0v) is 21.2. The molecule has 1 aliphatic heterocycles. The monoisotopic (exact) mass is 524 g/mol. The maximum absolute atomic E-state index is 13.7. The summed E-state index contributed by atoms with van der Waals surface area (Å²) in [7, 11) is -3.64. The van der Waals surface area contributed by atoms with E-state index in [4.69, 9.17) is 5.73 Å². The Kier molecular flexibility index (Phi) is 7.77. The van der Waals surface area contributed by atoms with Crippen LogP contribution in [0.15, 0.2) is 77.7 Å². The van der Waals surface area contributed by atoms with Gasteiger partial charge in [-0.3, -0.25) is 9.59 Å². The lowest BCUT2D eigenvalue weighted by molar-refractivity contribution is -0.136. The highest BCUT2D eigenvalue weighted by Crippen LogP contribution is 2.28. The standard InChI is InChI=1S/C27H29FN4O4S/c1-37(35,36)24-18-21(28)10-11-23(24)31-12-14-32(15-13-31)27(34)26(20-7-3-2-4-8-20)30-25(33)17-19-6-5-9-22(29)16-19/h2-11,16,18,26H,12-15,17,29H2,1H3,(H,30,33). The van der Waals surface area contributed by atoms with Crippen LogP contribution >= 0.6 is 0 Å². The van der Waals surface area contributed by atoms with Gasteiger partial charge in [0.05, 0.1) is 17.0 Å². The van der Waals surface area contributed by atoms with E-state index in [1.807, 2.05) is 11.0 Å². The van der Waals surface area contributed by atoms with Crippen molar-refractivity contribution in [3.8, 4) is 0 Å². The summed E-state index contributed by atoms with van der Waals surface area (Å²) in [5, 5.41) is 2.87. The Labute approximate surface area is 215 Å². The van der Waals surface area contributed by atoms with Gasteiger partial charge < -0.3 is 20.9 Å². The number of nitrogens with zero attached hydrogens (tertiary/aromatic N) is 2. The summed E-state index contributed by atoms with van der Waals surface area (Å²) in [6.45, 7) is 1.35. The summed E-state index contributed by atoms with van der Waals surface area (Å²) in [6.07, 6.45) is 1.12. The van der Waals surface area contributed by atoms with E-state index in [9.17, 15) is 22.4 Å². The lowest BCUT2D eigenvalue weighted by Gasteiger charge is -2.38. The van der Waals surface area contributed by atoms with E-state index in [0.717, 1.165) is 17.9 Å². The number of piperazine rings is 1. The molecule has 1 saturated heterocycles. The van der Waals surface area contributed by atoms with E-state index in [1.54, 1.807) is 53.4 Å². The van der Waals surface area contributed by atoms with Crippen LogP contribution < -0.4 is 16.0 Å². The van der Waals surface area contributed by atoms with Crippen LogP contribution in [0.1, 0.15) is 17.2 Å². The first-order valence-corrected chi connectivity index (χ1v) is 13.7. The first-order chi connectivity index (χ1) is 17.6. The van der Waals surface area contributed by atoms with Crippen LogP contribution in [0.3, 0.4) is 0 Å². The largest absolute Gasteiger partial charge is 0.399 e. The summed E-state index contributed by atoms with van der Waals surface area (Å²) in [6, 6.07) is 18.9. The minimum atomic E-state index is -3.64. The fraction of sp³-hybridized carbons (Fsp3) is 0.259. The molecule has 0 bridgehead atoms. The van der Waals surface area contributed by atoms with Gasteiger partial charge in [-0.2, -0.15) is 0 Å². The van der Waals surface area contributed by atoms with Gasteiger partial charge in [0.1, 0.15) is 11.9 Å². The normalized spacial score (nSPS) is 14.8. The number of anilines is 2. The number of benzene rings is 3. The Hall–Kier alpha value is -3.92. The molecular weight excluding hydrogens is 495 g/mol. The van der Waals surface area contributed by atoms with Crippen LogP contribution in [0.2, 0.25) is 0 Å². The summed E-state index contributed by atoms with van der Waals surface area (Å²) in [5.41, 5.74) is 8.18. The molecule has 3 N–H and O–H groups in total. The number of amides is 2. The number of hydrogen-bond donors (Lipinski definition) is 2. The van der Waals surface area contributed by atoms with Gasteiger partial charge in [0.25, 0.3) is 0 Å². The number of nitrogens with two attached hydrogens (primary N) is 1. The third kappa shape index (κ3) is 6.45. The van der Waals surface area contributed by atoms with Crippen molar-refractivity contribution in [3.63, 3.8) is 0 Å². The minimum Gasteiger partial charge on any atom is -0.399 e. The molecule has 1 aliphatic rings. The molecule has 3 aromatic carbocycles. The van der Waals surface area contributed by atoms with Crippen LogP contribution in [0.4, 0.5) is 15.8 Å². The summed E-state index contributed by atoms with van der Waals surface area (Å²) >= 11 is 0. The van der Waals surface area contributed by atoms with Gasteiger partial charge in [0, 0.05) is 38.1 Å². The first-order valence-electron chi connectivity index (χ1n) is 11.8. The maximum atomic E-state index is 13.7. The highest BCUT2D eigenvalue weighted by atomic mass is 32.2. The zero-order chi connectivity index (χ0) is 26.6. The second-order valence-corrected chi connectivity index (χ2v) is 11.0. The number of nitrogens with one attached hydrogen (secondary N) is 1. The van der Waals surface area contributed by atoms with E-state index < -0.39 is 21.7 Å². The number of hydrogen-bond acceptors (Lipinski definition) is 6. The minimum absolute atomic E-state index is 0.0776. The number of nitrogen functional groups attached to an aromatic ring is 1. The van der Waals surface area contributed by atoms with Crippen molar-refractivity contribution in [2.75, 3.05) is 43.1 Å². The first kappa shape index (κ1) is 26.2. The van der Waals surface area contributed by atoms with Crippen molar-refractivity contribution < 1.29 is 22.4 Å². The van der Waals surface area contributed by atoms with Gasteiger partial charge in [-0.15, -0.1) is 0 Å². The Balaban J connectivity index is 1.49. The van der Waals surface area contributed by atoms with Crippen molar-refractivity contribution in [3.05, 3.63) is 89.7 Å². The smallest absolute Gasteiger partial charge is 0.249 e. The van der Waals surface area contributed by atoms with E-state index in [2.05, 4.69) is 5.32 Å². The van der Waals surface area contributed by atoms with Gasteiger partial charge in [0.15, 0.2) is 9.84 Å². The predicted molar refractivity (Wildman–Crippen MR) is 140 cm³/mol. The SMILES string of the molecule is CS(=O)(=O)c1cc(F)ccc1N1CCN(C(=O)C(NC(=O)Cc2cccc(N)c2)c2ccccc2)CC1. The lowest BCUT2D eigenvalue weighted by atomic mass is 10.0. The lowest BCUT2D eigenvalue weighted by Crippen LogP contribution is -2.52. The van der Waals surface area contributed by atoms with Crippen molar-refractivity contribution in [1.29, 1.82) is 0 Å². The third-order valence-corrected chi connectivity index (χ3v) is 7.38. The highest BCUT2D eigenvalue weighted by molar-refractivity contribution is 7.90. The van der Waals surface area contributed by atoms with Gasteiger partial charge in [-0.05, 0) is 41.5 Å². The van der Waals surface area contributed by atoms with Gasteiger partial charge in [-0.25, -0.2) is 12.8 Å².